The van der Waals surface area contributed by atoms with Crippen molar-refractivity contribution in [3.05, 3.63) is 35.4 Å². The van der Waals surface area contributed by atoms with E-state index in [9.17, 15) is 0 Å². The molecule has 0 spiro atoms. The Morgan fingerprint density at radius 1 is 1.21 bits per heavy atom. The molecule has 19 heavy (non-hydrogen) atoms. The van der Waals surface area contributed by atoms with Crippen LogP contribution in [0, 0.1) is 5.41 Å². The Kier molecular flexibility index (Phi) is 5.00. The van der Waals surface area contributed by atoms with Gasteiger partial charge in [0.1, 0.15) is 0 Å². The van der Waals surface area contributed by atoms with Crippen LogP contribution in [0.25, 0.3) is 0 Å². The maximum absolute atomic E-state index is 9.15. The zero-order valence-electron chi connectivity index (χ0n) is 12.3. The van der Waals surface area contributed by atoms with Gasteiger partial charge in [0.25, 0.3) is 0 Å². The summed E-state index contributed by atoms with van der Waals surface area (Å²) in [5, 5.41) is 12.8. The topological polar surface area (TPSA) is 32.3 Å². The van der Waals surface area contributed by atoms with Crippen molar-refractivity contribution in [2.24, 2.45) is 5.41 Å². The lowest BCUT2D eigenvalue weighted by Gasteiger charge is -2.22. The Labute approximate surface area is 117 Å². The number of rotatable bonds is 4. The van der Waals surface area contributed by atoms with Crippen LogP contribution in [-0.2, 0) is 13.2 Å². The molecular formula is C17H27NO. The minimum atomic E-state index is 0.130. The van der Waals surface area contributed by atoms with Crippen molar-refractivity contribution < 1.29 is 5.11 Å². The van der Waals surface area contributed by atoms with E-state index in [1.807, 2.05) is 12.1 Å². The van der Waals surface area contributed by atoms with Gasteiger partial charge in [-0.2, -0.15) is 0 Å². The van der Waals surface area contributed by atoms with E-state index < -0.39 is 0 Å². The van der Waals surface area contributed by atoms with Crippen LogP contribution in [0.3, 0.4) is 0 Å². The average Bonchev–Trinajstić information content (AvgIpc) is 2.58. The van der Waals surface area contributed by atoms with Crippen molar-refractivity contribution in [2.45, 2.75) is 65.1 Å². The molecule has 2 rings (SSSR count). The molecule has 1 aliphatic carbocycles. The molecule has 0 heterocycles. The highest BCUT2D eigenvalue weighted by Crippen LogP contribution is 2.33. The summed E-state index contributed by atoms with van der Waals surface area (Å²) in [6.07, 6.45) is 6.59. The monoisotopic (exact) mass is 261 g/mol. The van der Waals surface area contributed by atoms with E-state index in [0.717, 1.165) is 12.1 Å². The standard InChI is InChI=1S/C17H27NO/c1-17(2)9-4-7-16(8-10-17)18-12-14-5-3-6-15(11-14)13-19/h3,5-6,11,16,18-19H,4,7-10,12-13H2,1-2H3. The predicted molar refractivity (Wildman–Crippen MR) is 79.9 cm³/mol. The van der Waals surface area contributed by atoms with Gasteiger partial charge < -0.3 is 10.4 Å². The Hall–Kier alpha value is -0.860. The first-order valence-electron chi connectivity index (χ1n) is 7.51. The molecule has 0 saturated heterocycles. The third-order valence-electron chi connectivity index (χ3n) is 4.34. The van der Waals surface area contributed by atoms with Crippen molar-refractivity contribution >= 4 is 0 Å². The number of aliphatic hydroxyl groups excluding tert-OH is 1. The van der Waals surface area contributed by atoms with Crippen LogP contribution in [0.15, 0.2) is 24.3 Å². The molecule has 1 aromatic rings. The molecule has 2 heteroatoms. The molecular weight excluding hydrogens is 234 g/mol. The molecule has 2 nitrogen and oxygen atoms in total. The van der Waals surface area contributed by atoms with Gasteiger partial charge in [-0.25, -0.2) is 0 Å². The van der Waals surface area contributed by atoms with Gasteiger partial charge in [0.05, 0.1) is 6.61 Å². The van der Waals surface area contributed by atoms with E-state index >= 15 is 0 Å². The summed E-state index contributed by atoms with van der Waals surface area (Å²) in [5.41, 5.74) is 2.80. The lowest BCUT2D eigenvalue weighted by atomic mass is 9.85. The van der Waals surface area contributed by atoms with Crippen LogP contribution in [0.2, 0.25) is 0 Å². The number of aliphatic hydroxyl groups is 1. The highest BCUT2D eigenvalue weighted by atomic mass is 16.3. The summed E-state index contributed by atoms with van der Waals surface area (Å²) in [6.45, 7) is 5.82. The molecule has 1 atom stereocenters. The van der Waals surface area contributed by atoms with E-state index in [-0.39, 0.29) is 6.61 Å². The smallest absolute Gasteiger partial charge is 0.0681 e. The zero-order chi connectivity index (χ0) is 13.7. The van der Waals surface area contributed by atoms with Gasteiger partial charge in [0, 0.05) is 12.6 Å². The third kappa shape index (κ3) is 4.63. The van der Waals surface area contributed by atoms with Gasteiger partial charge in [-0.1, -0.05) is 44.5 Å². The van der Waals surface area contributed by atoms with E-state index in [1.54, 1.807) is 0 Å². The van der Waals surface area contributed by atoms with Crippen molar-refractivity contribution in [2.75, 3.05) is 0 Å². The third-order valence-corrected chi connectivity index (χ3v) is 4.34. The minimum Gasteiger partial charge on any atom is -0.392 e. The molecule has 2 N–H and O–H groups in total. The van der Waals surface area contributed by atoms with E-state index in [1.165, 1.54) is 37.7 Å². The lowest BCUT2D eigenvalue weighted by molar-refractivity contribution is 0.281. The van der Waals surface area contributed by atoms with E-state index in [2.05, 4.69) is 31.3 Å². The average molecular weight is 261 g/mol. The summed E-state index contributed by atoms with van der Waals surface area (Å²) < 4.78 is 0. The predicted octanol–water partition coefficient (Wildman–Crippen LogP) is 3.63. The molecule has 1 aliphatic rings. The first-order chi connectivity index (χ1) is 9.09. The quantitative estimate of drug-likeness (QED) is 0.811. The minimum absolute atomic E-state index is 0.130. The Bertz CT molecular complexity index is 400. The van der Waals surface area contributed by atoms with Crippen LogP contribution in [0.5, 0.6) is 0 Å². The molecule has 0 bridgehead atoms. The molecule has 0 aromatic heterocycles. The fourth-order valence-electron chi connectivity index (χ4n) is 2.97. The van der Waals surface area contributed by atoms with Gasteiger partial charge in [-0.05, 0) is 42.2 Å². The molecule has 1 fully saturated rings. The Morgan fingerprint density at radius 2 is 2.00 bits per heavy atom. The van der Waals surface area contributed by atoms with Gasteiger partial charge >= 0.3 is 0 Å². The summed E-state index contributed by atoms with van der Waals surface area (Å²) in [4.78, 5) is 0. The number of nitrogens with one attached hydrogen (secondary N) is 1. The van der Waals surface area contributed by atoms with Crippen LogP contribution in [-0.4, -0.2) is 11.1 Å². The fraction of sp³-hybridized carbons (Fsp3) is 0.647. The van der Waals surface area contributed by atoms with Crippen LogP contribution >= 0.6 is 0 Å². The van der Waals surface area contributed by atoms with Gasteiger partial charge in [-0.3, -0.25) is 0 Å². The highest BCUT2D eigenvalue weighted by molar-refractivity contribution is 5.22. The van der Waals surface area contributed by atoms with Crippen LogP contribution in [0.1, 0.15) is 57.1 Å². The van der Waals surface area contributed by atoms with Gasteiger partial charge in [0.2, 0.25) is 0 Å². The molecule has 0 radical (unpaired) electrons. The summed E-state index contributed by atoms with van der Waals surface area (Å²) >= 11 is 0. The van der Waals surface area contributed by atoms with E-state index in [0.29, 0.717) is 11.5 Å². The normalized spacial score (nSPS) is 23.0. The molecule has 1 unspecified atom stereocenters. The maximum Gasteiger partial charge on any atom is 0.0681 e. The summed E-state index contributed by atoms with van der Waals surface area (Å²) in [6, 6.07) is 8.87. The second-order valence-corrected chi connectivity index (χ2v) is 6.65. The van der Waals surface area contributed by atoms with Crippen molar-refractivity contribution in [1.82, 2.24) is 5.32 Å². The first kappa shape index (κ1) is 14.5. The SMILES string of the molecule is CC1(C)CCCC(NCc2cccc(CO)c2)CC1. The zero-order valence-corrected chi connectivity index (χ0v) is 12.3. The second-order valence-electron chi connectivity index (χ2n) is 6.65. The Balaban J connectivity index is 1.84. The Morgan fingerprint density at radius 3 is 2.79 bits per heavy atom. The second kappa shape index (κ2) is 6.53. The van der Waals surface area contributed by atoms with Gasteiger partial charge in [-0.15, -0.1) is 0 Å². The maximum atomic E-state index is 9.15. The molecule has 0 amide bonds. The fourth-order valence-corrected chi connectivity index (χ4v) is 2.97. The molecule has 1 saturated carbocycles. The van der Waals surface area contributed by atoms with Crippen molar-refractivity contribution in [3.63, 3.8) is 0 Å². The van der Waals surface area contributed by atoms with E-state index in [4.69, 9.17) is 5.11 Å². The summed E-state index contributed by atoms with van der Waals surface area (Å²) in [5.74, 6) is 0. The number of benzene rings is 1. The molecule has 1 aromatic carbocycles. The molecule has 0 aliphatic heterocycles. The lowest BCUT2D eigenvalue weighted by Crippen LogP contribution is -2.28. The van der Waals surface area contributed by atoms with Gasteiger partial charge in [0.15, 0.2) is 0 Å². The van der Waals surface area contributed by atoms with Crippen molar-refractivity contribution in [1.29, 1.82) is 0 Å². The summed E-state index contributed by atoms with van der Waals surface area (Å²) in [7, 11) is 0. The number of hydrogen-bond acceptors (Lipinski definition) is 2. The van der Waals surface area contributed by atoms with Crippen LogP contribution < -0.4 is 5.32 Å². The largest absolute Gasteiger partial charge is 0.392 e. The van der Waals surface area contributed by atoms with Crippen molar-refractivity contribution in [3.8, 4) is 0 Å². The molecule has 106 valence electrons. The number of hydrogen-bond donors (Lipinski definition) is 2. The first-order valence-corrected chi connectivity index (χ1v) is 7.51. The van der Waals surface area contributed by atoms with Crippen LogP contribution in [0.4, 0.5) is 0 Å². The highest BCUT2D eigenvalue weighted by Gasteiger charge is 2.23.